The van der Waals surface area contributed by atoms with Crippen LogP contribution in [0.2, 0.25) is 0 Å². The average Bonchev–Trinajstić information content (AvgIpc) is 3.42. The summed E-state index contributed by atoms with van der Waals surface area (Å²) in [4.78, 5) is 28.1. The fourth-order valence-electron chi connectivity index (χ4n) is 5.42. The number of carbonyl (C=O) groups is 2. The minimum atomic E-state index is -0.231. The molecule has 2 atom stereocenters. The highest BCUT2D eigenvalue weighted by atomic mass is 16.2. The number of likely N-dealkylation sites (tertiary alicyclic amines) is 1. The first-order valence-corrected chi connectivity index (χ1v) is 10.3. The molecule has 4 heteroatoms. The number of amides is 1. The van der Waals surface area contributed by atoms with E-state index < -0.39 is 0 Å². The Labute approximate surface area is 155 Å². The van der Waals surface area contributed by atoms with E-state index in [1.54, 1.807) is 0 Å². The highest BCUT2D eigenvalue weighted by Gasteiger charge is 2.46. The molecule has 5 rings (SSSR count). The summed E-state index contributed by atoms with van der Waals surface area (Å²) in [5.74, 6) is 1.41. The van der Waals surface area contributed by atoms with Gasteiger partial charge in [-0.25, -0.2) is 0 Å². The number of nitrogens with one attached hydrogen (secondary N) is 1. The van der Waals surface area contributed by atoms with Crippen molar-refractivity contribution in [2.24, 2.45) is 11.3 Å². The van der Waals surface area contributed by atoms with Crippen molar-refractivity contribution in [3.8, 4) is 0 Å². The van der Waals surface area contributed by atoms with Gasteiger partial charge >= 0.3 is 0 Å². The first-order chi connectivity index (χ1) is 12.7. The topological polar surface area (TPSA) is 49.4 Å². The molecule has 4 nitrogen and oxygen atoms in total. The van der Waals surface area contributed by atoms with Crippen molar-refractivity contribution >= 4 is 11.7 Å². The van der Waals surface area contributed by atoms with Crippen molar-refractivity contribution in [2.45, 2.75) is 63.5 Å². The Morgan fingerprint density at radius 1 is 1.04 bits per heavy atom. The van der Waals surface area contributed by atoms with Gasteiger partial charge < -0.3 is 10.2 Å². The molecule has 138 valence electrons. The lowest BCUT2D eigenvalue weighted by Crippen LogP contribution is -2.52. The predicted molar refractivity (Wildman–Crippen MR) is 100 cm³/mol. The van der Waals surface area contributed by atoms with E-state index in [9.17, 15) is 9.59 Å². The molecule has 1 aromatic rings. The van der Waals surface area contributed by atoms with Crippen LogP contribution >= 0.6 is 0 Å². The van der Waals surface area contributed by atoms with Gasteiger partial charge in [-0.3, -0.25) is 9.59 Å². The smallest absolute Gasteiger partial charge is 0.239 e. The average molecular weight is 352 g/mol. The van der Waals surface area contributed by atoms with Crippen LogP contribution in [0.25, 0.3) is 0 Å². The van der Waals surface area contributed by atoms with Gasteiger partial charge in [-0.05, 0) is 62.8 Å². The van der Waals surface area contributed by atoms with E-state index in [0.717, 1.165) is 63.1 Å². The molecule has 1 saturated carbocycles. The molecule has 1 amide bonds. The Morgan fingerprint density at radius 3 is 2.58 bits per heavy atom. The summed E-state index contributed by atoms with van der Waals surface area (Å²) in [5.41, 5.74) is 1.89. The van der Waals surface area contributed by atoms with Crippen LogP contribution in [0, 0.1) is 11.3 Å². The van der Waals surface area contributed by atoms with Gasteiger partial charge in [0.2, 0.25) is 5.91 Å². The Hall–Kier alpha value is -1.68. The number of ketones is 1. The molecule has 0 aromatic heterocycles. The van der Waals surface area contributed by atoms with Crippen LogP contribution in [0.4, 0.5) is 0 Å². The number of rotatable bonds is 2. The molecule has 3 fully saturated rings. The number of aryl methyl sites for hydroxylation is 1. The summed E-state index contributed by atoms with van der Waals surface area (Å²) in [6.45, 7) is 1.47. The first-order valence-electron chi connectivity index (χ1n) is 10.3. The number of hydrogen-bond acceptors (Lipinski definition) is 3. The minimum absolute atomic E-state index is 0.0115. The zero-order valence-corrected chi connectivity index (χ0v) is 15.4. The summed E-state index contributed by atoms with van der Waals surface area (Å²) in [6.07, 6.45) is 8.36. The number of piperidine rings is 1. The van der Waals surface area contributed by atoms with E-state index in [0.29, 0.717) is 11.8 Å². The van der Waals surface area contributed by atoms with E-state index in [1.807, 2.05) is 23.1 Å². The maximum Gasteiger partial charge on any atom is 0.239 e. The lowest BCUT2D eigenvalue weighted by atomic mass is 9.65. The largest absolute Gasteiger partial charge is 0.341 e. The summed E-state index contributed by atoms with van der Waals surface area (Å²) in [6, 6.07) is 8.64. The Morgan fingerprint density at radius 2 is 1.81 bits per heavy atom. The number of carbonyl (C=O) groups excluding carboxylic acids is 2. The molecular weight excluding hydrogens is 324 g/mol. The zero-order chi connectivity index (χ0) is 17.7. The summed E-state index contributed by atoms with van der Waals surface area (Å²) >= 11 is 0. The molecule has 1 N–H and O–H groups in total. The predicted octanol–water partition coefficient (Wildman–Crippen LogP) is 2.95. The van der Waals surface area contributed by atoms with Crippen molar-refractivity contribution in [1.29, 1.82) is 0 Å². The molecule has 26 heavy (non-hydrogen) atoms. The number of nitrogens with zero attached hydrogens (tertiary/aromatic N) is 1. The van der Waals surface area contributed by atoms with Crippen LogP contribution in [-0.2, 0) is 11.2 Å². The molecule has 4 aliphatic rings. The van der Waals surface area contributed by atoms with Crippen molar-refractivity contribution in [1.82, 2.24) is 10.2 Å². The third-order valence-corrected chi connectivity index (χ3v) is 7.32. The third kappa shape index (κ3) is 2.70. The van der Waals surface area contributed by atoms with Crippen LogP contribution in [-0.4, -0.2) is 41.8 Å². The van der Waals surface area contributed by atoms with Crippen molar-refractivity contribution in [2.75, 3.05) is 13.1 Å². The number of hydrogen-bond donors (Lipinski definition) is 1. The van der Waals surface area contributed by atoms with Gasteiger partial charge in [0, 0.05) is 30.1 Å². The third-order valence-electron chi connectivity index (χ3n) is 7.32. The lowest BCUT2D eigenvalue weighted by Gasteiger charge is -2.43. The molecule has 2 aliphatic heterocycles. The van der Waals surface area contributed by atoms with Gasteiger partial charge in [-0.2, -0.15) is 0 Å². The van der Waals surface area contributed by atoms with E-state index in [2.05, 4.69) is 11.4 Å². The first kappa shape index (κ1) is 16.5. The van der Waals surface area contributed by atoms with Gasteiger partial charge in [0.25, 0.3) is 0 Å². The molecule has 2 heterocycles. The quantitative estimate of drug-likeness (QED) is 0.890. The fraction of sp³-hybridized carbons (Fsp3) is 0.636. The number of fused-ring (bicyclic) bond motifs is 1. The number of Topliss-reactive ketones (excluding diaryl/α,β-unsaturated/α-hetero) is 1. The highest BCUT2D eigenvalue weighted by Crippen LogP contribution is 2.44. The van der Waals surface area contributed by atoms with E-state index >= 15 is 0 Å². The van der Waals surface area contributed by atoms with Gasteiger partial charge in [0.1, 0.15) is 0 Å². The molecular formula is C22H28N2O2. The van der Waals surface area contributed by atoms with Crippen LogP contribution < -0.4 is 5.32 Å². The van der Waals surface area contributed by atoms with E-state index in [1.165, 1.54) is 18.4 Å². The Balaban J connectivity index is 1.24. The molecule has 2 aliphatic carbocycles. The van der Waals surface area contributed by atoms with E-state index in [4.69, 9.17) is 0 Å². The second-order valence-electron chi connectivity index (χ2n) is 8.83. The van der Waals surface area contributed by atoms with Crippen molar-refractivity contribution < 1.29 is 9.59 Å². The normalized spacial score (nSPS) is 30.5. The minimum Gasteiger partial charge on any atom is -0.341 e. The Bertz CT molecular complexity index is 731. The van der Waals surface area contributed by atoms with Crippen LogP contribution in [0.15, 0.2) is 24.3 Å². The molecule has 2 unspecified atom stereocenters. The van der Waals surface area contributed by atoms with Gasteiger partial charge in [-0.15, -0.1) is 0 Å². The maximum absolute atomic E-state index is 13.1. The SMILES string of the molecule is O=C(C1CCC(C2CC2)N1)N1CCC2(CCc3ccccc3C2=O)CC1. The summed E-state index contributed by atoms with van der Waals surface area (Å²) in [7, 11) is 0. The van der Waals surface area contributed by atoms with Gasteiger partial charge in [0.05, 0.1) is 6.04 Å². The van der Waals surface area contributed by atoms with Crippen LogP contribution in [0.3, 0.4) is 0 Å². The lowest BCUT2D eigenvalue weighted by molar-refractivity contribution is -0.135. The monoisotopic (exact) mass is 352 g/mol. The van der Waals surface area contributed by atoms with Gasteiger partial charge in [-0.1, -0.05) is 24.3 Å². The second-order valence-corrected chi connectivity index (χ2v) is 8.83. The number of benzene rings is 1. The van der Waals surface area contributed by atoms with Crippen molar-refractivity contribution in [3.05, 3.63) is 35.4 Å². The fourth-order valence-corrected chi connectivity index (χ4v) is 5.42. The molecule has 0 bridgehead atoms. The molecule has 1 spiro atoms. The van der Waals surface area contributed by atoms with Crippen LogP contribution in [0.5, 0.6) is 0 Å². The molecule has 1 aromatic carbocycles. The highest BCUT2D eigenvalue weighted by molar-refractivity contribution is 6.03. The zero-order valence-electron chi connectivity index (χ0n) is 15.4. The second kappa shape index (κ2) is 6.19. The molecule has 0 radical (unpaired) electrons. The molecule has 2 saturated heterocycles. The summed E-state index contributed by atoms with van der Waals surface area (Å²) in [5, 5.41) is 3.58. The van der Waals surface area contributed by atoms with E-state index in [-0.39, 0.29) is 17.4 Å². The standard InChI is InChI=1S/C22H28N2O2/c25-20-17-4-2-1-3-15(17)9-10-22(20)11-13-24(14-12-22)21(26)19-8-7-18(23-19)16-5-6-16/h1-4,16,18-19,23H,5-14H2. The van der Waals surface area contributed by atoms with Crippen LogP contribution in [0.1, 0.15) is 60.9 Å². The maximum atomic E-state index is 13.1. The summed E-state index contributed by atoms with van der Waals surface area (Å²) < 4.78 is 0. The Kier molecular flexibility index (Phi) is 3.93. The van der Waals surface area contributed by atoms with Gasteiger partial charge in [0.15, 0.2) is 5.78 Å². The van der Waals surface area contributed by atoms with Crippen molar-refractivity contribution in [3.63, 3.8) is 0 Å².